The van der Waals surface area contributed by atoms with Gasteiger partial charge in [0.1, 0.15) is 34.5 Å². The topological polar surface area (TPSA) is 127 Å². The van der Waals surface area contributed by atoms with Gasteiger partial charge in [0.05, 0.1) is 19.5 Å². The van der Waals surface area contributed by atoms with Crippen LogP contribution in [-0.4, -0.2) is 62.4 Å². The number of aryl methyl sites for hydroxylation is 2. The molecule has 4 aromatic rings. The molecule has 0 aliphatic rings. The predicted molar refractivity (Wildman–Crippen MR) is 139 cm³/mol. The van der Waals surface area contributed by atoms with Crippen molar-refractivity contribution in [2.45, 2.75) is 51.2 Å². The fourth-order valence-corrected chi connectivity index (χ4v) is 5.54. The van der Waals surface area contributed by atoms with Crippen molar-refractivity contribution in [2.24, 2.45) is 0 Å². The number of hydrogen-bond acceptors (Lipinski definition) is 9. The van der Waals surface area contributed by atoms with E-state index in [1.807, 2.05) is 33.0 Å². The fourth-order valence-electron chi connectivity index (χ4n) is 3.99. The third kappa shape index (κ3) is 5.19. The zero-order valence-electron chi connectivity index (χ0n) is 21.8. The molecular weight excluding hydrogens is 494 g/mol. The van der Waals surface area contributed by atoms with Crippen molar-refractivity contribution in [1.82, 2.24) is 34.5 Å². The van der Waals surface area contributed by atoms with Crippen LogP contribution in [0.15, 0.2) is 42.9 Å². The van der Waals surface area contributed by atoms with Crippen LogP contribution in [0.25, 0.3) is 17.2 Å². The molecular formula is C25H31N7O4S. The Morgan fingerprint density at radius 2 is 1.65 bits per heavy atom. The van der Waals surface area contributed by atoms with Gasteiger partial charge in [-0.15, -0.1) is 10.2 Å². The summed E-state index contributed by atoms with van der Waals surface area (Å²) in [5.41, 5.74) is 1.94. The van der Waals surface area contributed by atoms with E-state index in [4.69, 9.17) is 9.47 Å². The molecule has 11 nitrogen and oxygen atoms in total. The highest BCUT2D eigenvalue weighted by molar-refractivity contribution is 7.91. The normalized spacial score (nSPS) is 13.4. The van der Waals surface area contributed by atoms with Gasteiger partial charge >= 0.3 is 0 Å². The molecule has 0 aliphatic heterocycles. The number of nitrogens with zero attached hydrogens (tertiary/aromatic N) is 7. The lowest BCUT2D eigenvalue weighted by Gasteiger charge is -2.20. The van der Waals surface area contributed by atoms with Crippen molar-refractivity contribution in [1.29, 1.82) is 0 Å². The minimum Gasteiger partial charge on any atom is -0.494 e. The highest BCUT2D eigenvalue weighted by Gasteiger charge is 2.33. The van der Waals surface area contributed by atoms with E-state index in [1.165, 1.54) is 14.2 Å². The average molecular weight is 526 g/mol. The second kappa shape index (κ2) is 10.7. The third-order valence-electron chi connectivity index (χ3n) is 6.36. The SMILES string of the molecule is CCn1ccc(-c2nnc(CS(=O)(=O)[C@@H](C)[C@H](C)c3ncc(C)cn3)n2-c2c(OC)cccc2OC)n1. The standard InChI is InChI=1S/C25H31N7O4S/c1-7-31-12-11-19(30-31)25-29-28-22(32(25)23-20(35-5)9-8-10-21(23)36-6)15-37(33,34)18(4)17(3)24-26-13-16(2)14-27-24/h8-14,17-18H,7,15H2,1-6H3/t17-,18-/m0/s1. The van der Waals surface area contributed by atoms with Crippen molar-refractivity contribution < 1.29 is 17.9 Å². The maximum atomic E-state index is 13.7. The Hall–Kier alpha value is -3.80. The van der Waals surface area contributed by atoms with Crippen LogP contribution >= 0.6 is 0 Å². The van der Waals surface area contributed by atoms with E-state index in [0.717, 1.165) is 5.56 Å². The third-order valence-corrected chi connectivity index (χ3v) is 8.56. The van der Waals surface area contributed by atoms with Gasteiger partial charge in [-0.05, 0) is 44.5 Å². The van der Waals surface area contributed by atoms with E-state index < -0.39 is 21.0 Å². The molecule has 2 atom stereocenters. The van der Waals surface area contributed by atoms with E-state index in [2.05, 4.69) is 25.3 Å². The molecule has 0 bridgehead atoms. The Labute approximate surface area is 216 Å². The molecule has 12 heteroatoms. The lowest BCUT2D eigenvalue weighted by Crippen LogP contribution is -2.27. The van der Waals surface area contributed by atoms with Gasteiger partial charge in [0, 0.05) is 31.1 Å². The number of ether oxygens (including phenoxy) is 2. The molecule has 196 valence electrons. The minimum atomic E-state index is -3.72. The van der Waals surface area contributed by atoms with Gasteiger partial charge in [0.25, 0.3) is 0 Å². The zero-order valence-corrected chi connectivity index (χ0v) is 22.6. The Bertz CT molecular complexity index is 1460. The number of para-hydroxylation sites is 1. The van der Waals surface area contributed by atoms with Crippen molar-refractivity contribution >= 4 is 9.84 Å². The second-order valence-corrected chi connectivity index (χ2v) is 11.1. The maximum Gasteiger partial charge on any atom is 0.189 e. The summed E-state index contributed by atoms with van der Waals surface area (Å²) >= 11 is 0. The van der Waals surface area contributed by atoms with Crippen LogP contribution < -0.4 is 9.47 Å². The Morgan fingerprint density at radius 1 is 1.00 bits per heavy atom. The first-order chi connectivity index (χ1) is 17.7. The lowest BCUT2D eigenvalue weighted by molar-refractivity contribution is 0.390. The molecule has 0 saturated heterocycles. The van der Waals surface area contributed by atoms with Gasteiger partial charge in [-0.25, -0.2) is 18.4 Å². The molecule has 0 fully saturated rings. The lowest BCUT2D eigenvalue weighted by atomic mass is 10.1. The zero-order chi connectivity index (χ0) is 26.7. The molecule has 3 heterocycles. The summed E-state index contributed by atoms with van der Waals surface area (Å²) in [6.45, 7) is 8.00. The van der Waals surface area contributed by atoms with E-state index in [0.29, 0.717) is 41.1 Å². The first-order valence-corrected chi connectivity index (χ1v) is 13.6. The van der Waals surface area contributed by atoms with Gasteiger partial charge < -0.3 is 9.47 Å². The van der Waals surface area contributed by atoms with E-state index in [1.54, 1.807) is 46.8 Å². The number of rotatable bonds is 10. The summed E-state index contributed by atoms with van der Waals surface area (Å²) in [6.07, 6.45) is 5.20. The van der Waals surface area contributed by atoms with Gasteiger partial charge in [-0.2, -0.15) is 5.10 Å². The number of methoxy groups -OCH3 is 2. The smallest absolute Gasteiger partial charge is 0.189 e. The number of aromatic nitrogens is 7. The molecule has 1 aromatic carbocycles. The summed E-state index contributed by atoms with van der Waals surface area (Å²) in [5.74, 6) is 1.22. The molecule has 4 rings (SSSR count). The highest BCUT2D eigenvalue weighted by atomic mass is 32.2. The number of sulfone groups is 1. The summed E-state index contributed by atoms with van der Waals surface area (Å²) < 4.78 is 42.0. The molecule has 0 radical (unpaired) electrons. The second-order valence-electron chi connectivity index (χ2n) is 8.76. The molecule has 37 heavy (non-hydrogen) atoms. The largest absolute Gasteiger partial charge is 0.494 e. The van der Waals surface area contributed by atoms with Gasteiger partial charge in [0.15, 0.2) is 21.5 Å². The quantitative estimate of drug-likeness (QED) is 0.306. The Morgan fingerprint density at radius 3 is 2.22 bits per heavy atom. The molecule has 0 spiro atoms. The van der Waals surface area contributed by atoms with Crippen LogP contribution in [0.3, 0.4) is 0 Å². The van der Waals surface area contributed by atoms with Gasteiger partial charge in [-0.3, -0.25) is 9.25 Å². The summed E-state index contributed by atoms with van der Waals surface area (Å²) in [6, 6.07) is 7.14. The van der Waals surface area contributed by atoms with Crippen LogP contribution in [0, 0.1) is 6.92 Å². The van der Waals surface area contributed by atoms with Crippen LogP contribution in [-0.2, 0) is 22.1 Å². The van der Waals surface area contributed by atoms with E-state index in [-0.39, 0.29) is 11.6 Å². The predicted octanol–water partition coefficient (Wildman–Crippen LogP) is 3.37. The number of hydrogen-bond donors (Lipinski definition) is 0. The molecule has 0 N–H and O–H groups in total. The Kier molecular flexibility index (Phi) is 7.58. The average Bonchev–Trinajstić information content (AvgIpc) is 3.54. The minimum absolute atomic E-state index is 0.215. The van der Waals surface area contributed by atoms with Gasteiger partial charge in [-0.1, -0.05) is 13.0 Å². The Balaban J connectivity index is 1.82. The first-order valence-electron chi connectivity index (χ1n) is 11.9. The monoisotopic (exact) mass is 525 g/mol. The summed E-state index contributed by atoms with van der Waals surface area (Å²) in [4.78, 5) is 8.66. The summed E-state index contributed by atoms with van der Waals surface area (Å²) in [7, 11) is -0.644. The molecule has 0 saturated carbocycles. The van der Waals surface area contributed by atoms with Crippen molar-refractivity contribution in [2.75, 3.05) is 14.2 Å². The summed E-state index contributed by atoms with van der Waals surface area (Å²) in [5, 5.41) is 12.4. The van der Waals surface area contributed by atoms with Gasteiger partial charge in [0.2, 0.25) is 0 Å². The van der Waals surface area contributed by atoms with Crippen LogP contribution in [0.1, 0.15) is 43.9 Å². The van der Waals surface area contributed by atoms with Crippen molar-refractivity contribution in [3.05, 3.63) is 60.1 Å². The molecule has 3 aromatic heterocycles. The first kappa shape index (κ1) is 26.3. The number of benzene rings is 1. The van der Waals surface area contributed by atoms with Crippen LogP contribution in [0.4, 0.5) is 0 Å². The molecule has 0 unspecified atom stereocenters. The maximum absolute atomic E-state index is 13.7. The van der Waals surface area contributed by atoms with Crippen LogP contribution in [0.5, 0.6) is 11.5 Å². The molecule has 0 aliphatic carbocycles. The highest BCUT2D eigenvalue weighted by Crippen LogP contribution is 2.36. The van der Waals surface area contributed by atoms with E-state index in [9.17, 15) is 8.42 Å². The molecule has 0 amide bonds. The fraction of sp³-hybridized carbons (Fsp3) is 0.400. The van der Waals surface area contributed by atoms with Crippen molar-refractivity contribution in [3.63, 3.8) is 0 Å². The van der Waals surface area contributed by atoms with Crippen molar-refractivity contribution in [3.8, 4) is 28.7 Å². The van der Waals surface area contributed by atoms with E-state index >= 15 is 0 Å². The van der Waals surface area contributed by atoms with Crippen LogP contribution in [0.2, 0.25) is 0 Å².